The molecule has 0 atom stereocenters. The number of methoxy groups -OCH3 is 1. The maximum Gasteiger partial charge on any atom is 0.248 e. The van der Waals surface area contributed by atoms with Crippen LogP contribution in [0.4, 0.5) is 5.69 Å². The first kappa shape index (κ1) is 22.3. The van der Waals surface area contributed by atoms with Gasteiger partial charge >= 0.3 is 0 Å². The lowest BCUT2D eigenvalue weighted by Gasteiger charge is -2.09. The average Bonchev–Trinajstić information content (AvgIpc) is 2.72. The standard InChI is InChI=1S/C22H20N2O3S.ClH/c1-27-20-8-6-16(14-19(20)25)7-9-22(26)24-18-4-2-3-5-21(18)28-15-17-10-12-23-13-11-17;/h2-14,25H,15H2,1H3,(H,24,26);1H. The maximum absolute atomic E-state index is 12.3. The number of aromatic nitrogens is 1. The third-order valence-electron chi connectivity index (χ3n) is 3.92. The van der Waals surface area contributed by atoms with Crippen molar-refractivity contribution in [1.82, 2.24) is 4.98 Å². The summed E-state index contributed by atoms with van der Waals surface area (Å²) >= 11 is 1.65. The zero-order valence-electron chi connectivity index (χ0n) is 15.7. The van der Waals surface area contributed by atoms with Crippen LogP contribution in [-0.2, 0) is 10.5 Å². The third kappa shape index (κ3) is 6.55. The zero-order valence-corrected chi connectivity index (χ0v) is 17.4. The molecule has 0 unspecified atom stereocenters. The third-order valence-corrected chi connectivity index (χ3v) is 5.06. The van der Waals surface area contributed by atoms with E-state index in [1.807, 2.05) is 36.4 Å². The number of ether oxygens (including phenoxy) is 1. The lowest BCUT2D eigenvalue weighted by Crippen LogP contribution is -2.08. The number of thioether (sulfide) groups is 1. The fourth-order valence-electron chi connectivity index (χ4n) is 2.49. The average molecular weight is 429 g/mol. The van der Waals surface area contributed by atoms with Gasteiger partial charge in [0.1, 0.15) is 0 Å². The van der Waals surface area contributed by atoms with Gasteiger partial charge in [0.2, 0.25) is 5.91 Å². The number of hydrogen-bond donors (Lipinski definition) is 2. The molecule has 7 heteroatoms. The van der Waals surface area contributed by atoms with Crippen LogP contribution in [-0.4, -0.2) is 23.1 Å². The molecule has 0 aliphatic heterocycles. The first-order chi connectivity index (χ1) is 13.7. The second-order valence-electron chi connectivity index (χ2n) is 5.89. The van der Waals surface area contributed by atoms with E-state index >= 15 is 0 Å². The van der Waals surface area contributed by atoms with Crippen LogP contribution in [0, 0.1) is 0 Å². The number of pyridine rings is 1. The largest absolute Gasteiger partial charge is 0.504 e. The number of halogens is 1. The highest BCUT2D eigenvalue weighted by atomic mass is 35.5. The fraction of sp³-hybridized carbons (Fsp3) is 0.0909. The molecule has 3 rings (SSSR count). The summed E-state index contributed by atoms with van der Waals surface area (Å²) in [5, 5.41) is 12.7. The highest BCUT2D eigenvalue weighted by Gasteiger charge is 2.06. The molecule has 150 valence electrons. The van der Waals surface area contributed by atoms with E-state index < -0.39 is 0 Å². The summed E-state index contributed by atoms with van der Waals surface area (Å²) in [7, 11) is 1.49. The Balaban J connectivity index is 0.00000300. The Morgan fingerprint density at radius 1 is 1.17 bits per heavy atom. The minimum absolute atomic E-state index is 0. The van der Waals surface area contributed by atoms with Crippen LogP contribution in [0.2, 0.25) is 0 Å². The number of rotatable bonds is 7. The van der Waals surface area contributed by atoms with E-state index in [-0.39, 0.29) is 24.1 Å². The van der Waals surface area contributed by atoms with Crippen LogP contribution in [0.3, 0.4) is 0 Å². The van der Waals surface area contributed by atoms with Gasteiger partial charge in [-0.1, -0.05) is 18.2 Å². The molecule has 0 aliphatic rings. The highest BCUT2D eigenvalue weighted by Crippen LogP contribution is 2.30. The van der Waals surface area contributed by atoms with Crippen LogP contribution >= 0.6 is 24.2 Å². The monoisotopic (exact) mass is 428 g/mol. The molecule has 2 aromatic carbocycles. The van der Waals surface area contributed by atoms with Gasteiger partial charge in [0.05, 0.1) is 12.8 Å². The van der Waals surface area contributed by atoms with E-state index in [1.165, 1.54) is 18.7 Å². The molecule has 0 saturated carbocycles. The second-order valence-corrected chi connectivity index (χ2v) is 6.91. The number of anilines is 1. The van der Waals surface area contributed by atoms with Crippen molar-refractivity contribution in [3.63, 3.8) is 0 Å². The first-order valence-electron chi connectivity index (χ1n) is 8.62. The minimum atomic E-state index is -0.243. The van der Waals surface area contributed by atoms with Crippen molar-refractivity contribution < 1.29 is 14.6 Å². The summed E-state index contributed by atoms with van der Waals surface area (Å²) in [6, 6.07) is 16.6. The van der Waals surface area contributed by atoms with E-state index in [0.717, 1.165) is 16.3 Å². The highest BCUT2D eigenvalue weighted by molar-refractivity contribution is 7.98. The number of aromatic hydroxyl groups is 1. The molecule has 5 nitrogen and oxygen atoms in total. The molecule has 29 heavy (non-hydrogen) atoms. The Hall–Kier alpha value is -2.96. The summed E-state index contributed by atoms with van der Waals surface area (Å²) in [6.45, 7) is 0. The van der Waals surface area contributed by atoms with Crippen molar-refractivity contribution in [1.29, 1.82) is 0 Å². The number of para-hydroxylation sites is 1. The van der Waals surface area contributed by atoms with Crippen LogP contribution in [0.15, 0.2) is 78.0 Å². The number of nitrogens with zero attached hydrogens (tertiary/aromatic N) is 1. The van der Waals surface area contributed by atoms with Crippen molar-refractivity contribution in [2.24, 2.45) is 0 Å². The molecular weight excluding hydrogens is 408 g/mol. The Bertz CT molecular complexity index is 981. The predicted molar refractivity (Wildman–Crippen MR) is 120 cm³/mol. The summed E-state index contributed by atoms with van der Waals surface area (Å²) in [6.07, 6.45) is 6.61. The molecule has 0 radical (unpaired) electrons. The lowest BCUT2D eigenvalue weighted by molar-refractivity contribution is -0.111. The number of carbonyl (C=O) groups is 1. The van der Waals surface area contributed by atoms with Gasteiger partial charge in [-0.15, -0.1) is 24.2 Å². The van der Waals surface area contributed by atoms with Crippen LogP contribution in [0.25, 0.3) is 6.08 Å². The van der Waals surface area contributed by atoms with Gasteiger partial charge in [0, 0.05) is 29.1 Å². The Kier molecular flexibility index (Phi) is 8.58. The number of phenols is 1. The minimum Gasteiger partial charge on any atom is -0.504 e. The van der Waals surface area contributed by atoms with Gasteiger partial charge in [-0.2, -0.15) is 0 Å². The predicted octanol–water partition coefficient (Wildman–Crippen LogP) is 5.16. The number of nitrogens with one attached hydrogen (secondary N) is 1. The van der Waals surface area contributed by atoms with Gasteiger partial charge in [0.25, 0.3) is 0 Å². The molecular formula is C22H21ClN2O3S. The molecule has 0 spiro atoms. The van der Waals surface area contributed by atoms with Crippen LogP contribution in [0.5, 0.6) is 11.5 Å². The Labute approximate surface area is 180 Å². The summed E-state index contributed by atoms with van der Waals surface area (Å²) in [5.74, 6) is 0.966. The van der Waals surface area contributed by atoms with Gasteiger partial charge in [-0.3, -0.25) is 9.78 Å². The van der Waals surface area contributed by atoms with E-state index in [1.54, 1.807) is 48.4 Å². The molecule has 0 fully saturated rings. The van der Waals surface area contributed by atoms with Gasteiger partial charge in [-0.25, -0.2) is 0 Å². The molecule has 3 aromatic rings. The van der Waals surface area contributed by atoms with Crippen molar-refractivity contribution in [3.05, 3.63) is 84.2 Å². The second kappa shape index (κ2) is 11.1. The van der Waals surface area contributed by atoms with Crippen molar-refractivity contribution >= 4 is 41.8 Å². The molecule has 1 aromatic heterocycles. The molecule has 0 saturated heterocycles. The van der Waals surface area contributed by atoms with Crippen molar-refractivity contribution in [2.75, 3.05) is 12.4 Å². The van der Waals surface area contributed by atoms with Crippen molar-refractivity contribution in [3.8, 4) is 11.5 Å². The lowest BCUT2D eigenvalue weighted by atomic mass is 10.2. The SMILES string of the molecule is COc1ccc(C=CC(=O)Nc2ccccc2SCc2ccncc2)cc1O.Cl. The normalized spacial score (nSPS) is 10.4. The zero-order chi connectivity index (χ0) is 19.8. The van der Waals surface area contributed by atoms with Gasteiger partial charge < -0.3 is 15.2 Å². The van der Waals surface area contributed by atoms with Crippen LogP contribution in [0.1, 0.15) is 11.1 Å². The summed E-state index contributed by atoms with van der Waals surface area (Å²) in [4.78, 5) is 17.3. The number of hydrogen-bond acceptors (Lipinski definition) is 5. The Morgan fingerprint density at radius 3 is 2.66 bits per heavy atom. The number of phenolic OH excluding ortho intramolecular Hbond substituents is 1. The number of carbonyl (C=O) groups excluding carboxylic acids is 1. The van der Waals surface area contributed by atoms with Gasteiger partial charge in [-0.05, 0) is 53.6 Å². The van der Waals surface area contributed by atoms with E-state index in [4.69, 9.17) is 4.74 Å². The summed E-state index contributed by atoms with van der Waals surface area (Å²) in [5.41, 5.74) is 2.63. The van der Waals surface area contributed by atoms with Crippen LogP contribution < -0.4 is 10.1 Å². The molecule has 1 amide bonds. The number of amides is 1. The summed E-state index contributed by atoms with van der Waals surface area (Å²) < 4.78 is 5.01. The quantitative estimate of drug-likeness (QED) is 0.401. The van der Waals surface area contributed by atoms with Crippen molar-refractivity contribution in [2.45, 2.75) is 10.6 Å². The number of benzene rings is 2. The molecule has 1 heterocycles. The molecule has 0 aliphatic carbocycles. The topological polar surface area (TPSA) is 71.5 Å². The van der Waals surface area contributed by atoms with E-state index in [0.29, 0.717) is 11.3 Å². The smallest absolute Gasteiger partial charge is 0.248 e. The molecule has 0 bridgehead atoms. The van der Waals surface area contributed by atoms with Gasteiger partial charge in [0.15, 0.2) is 11.5 Å². The van der Waals surface area contributed by atoms with E-state index in [9.17, 15) is 9.90 Å². The fourth-order valence-corrected chi connectivity index (χ4v) is 3.46. The van der Waals surface area contributed by atoms with E-state index in [2.05, 4.69) is 10.3 Å². The Morgan fingerprint density at radius 2 is 1.93 bits per heavy atom. The maximum atomic E-state index is 12.3. The first-order valence-corrected chi connectivity index (χ1v) is 9.61. The molecule has 2 N–H and O–H groups in total.